The number of nitrogens with zero attached hydrogens (tertiary/aromatic N) is 4. The molecule has 1 atom stereocenters. The number of ether oxygens (including phenoxy) is 4. The van der Waals surface area contributed by atoms with Crippen molar-refractivity contribution in [3.63, 3.8) is 0 Å². The van der Waals surface area contributed by atoms with Gasteiger partial charge < -0.3 is 18.9 Å². The van der Waals surface area contributed by atoms with Gasteiger partial charge >= 0.3 is 0 Å². The van der Waals surface area contributed by atoms with Gasteiger partial charge in [0.2, 0.25) is 5.88 Å². The predicted molar refractivity (Wildman–Crippen MR) is 164 cm³/mol. The van der Waals surface area contributed by atoms with Crippen molar-refractivity contribution in [3.8, 4) is 28.9 Å². The number of rotatable bonds is 6. The van der Waals surface area contributed by atoms with E-state index in [9.17, 15) is 0 Å². The molecule has 43 heavy (non-hydrogen) atoms. The minimum atomic E-state index is -0.265. The fourth-order valence-corrected chi connectivity index (χ4v) is 5.98. The first kappa shape index (κ1) is 25.1. The SMILES string of the molecule is COc1ccc([C@H]2c3c(ccc4ccccc34)Oc3ncn4nc(COc5ccc6ccccc6c5)nc4c32)cc1OC. The van der Waals surface area contributed by atoms with E-state index < -0.39 is 0 Å². The normalized spacial score (nSPS) is 13.9. The minimum Gasteiger partial charge on any atom is -0.493 e. The van der Waals surface area contributed by atoms with Gasteiger partial charge in [0.15, 0.2) is 23.0 Å². The third-order valence-electron chi connectivity index (χ3n) is 7.98. The van der Waals surface area contributed by atoms with Crippen LogP contribution in [-0.2, 0) is 6.61 Å². The molecule has 0 radical (unpaired) electrons. The zero-order valence-electron chi connectivity index (χ0n) is 23.5. The van der Waals surface area contributed by atoms with Crippen molar-refractivity contribution in [1.29, 1.82) is 0 Å². The van der Waals surface area contributed by atoms with Gasteiger partial charge in [-0.05, 0) is 57.4 Å². The molecule has 210 valence electrons. The summed E-state index contributed by atoms with van der Waals surface area (Å²) in [7, 11) is 3.28. The Morgan fingerprint density at radius 2 is 1.56 bits per heavy atom. The molecule has 0 saturated carbocycles. The molecule has 0 bridgehead atoms. The molecule has 8 rings (SSSR count). The van der Waals surface area contributed by atoms with Gasteiger partial charge in [0.1, 0.15) is 24.4 Å². The van der Waals surface area contributed by atoms with Crippen molar-refractivity contribution >= 4 is 27.2 Å². The van der Waals surface area contributed by atoms with Crippen molar-refractivity contribution < 1.29 is 18.9 Å². The molecule has 3 heterocycles. The molecule has 1 aliphatic rings. The topological polar surface area (TPSA) is 80.0 Å². The molecule has 2 aromatic heterocycles. The third-order valence-corrected chi connectivity index (χ3v) is 7.98. The smallest absolute Gasteiger partial charge is 0.228 e. The zero-order valence-corrected chi connectivity index (χ0v) is 23.5. The Hall–Kier alpha value is -5.63. The average molecular weight is 567 g/mol. The maximum Gasteiger partial charge on any atom is 0.228 e. The van der Waals surface area contributed by atoms with E-state index in [2.05, 4.69) is 47.4 Å². The second-order valence-electron chi connectivity index (χ2n) is 10.4. The van der Waals surface area contributed by atoms with Crippen LogP contribution in [0.15, 0.2) is 103 Å². The number of aromatic nitrogens is 4. The monoisotopic (exact) mass is 566 g/mol. The Bertz CT molecular complexity index is 2170. The molecular weight excluding hydrogens is 540 g/mol. The van der Waals surface area contributed by atoms with E-state index in [4.69, 9.17) is 29.0 Å². The quantitative estimate of drug-likeness (QED) is 0.209. The molecule has 5 aromatic carbocycles. The van der Waals surface area contributed by atoms with E-state index in [1.807, 2.05) is 54.6 Å². The summed E-state index contributed by atoms with van der Waals surface area (Å²) in [6, 6.07) is 32.6. The second-order valence-corrected chi connectivity index (χ2v) is 10.4. The Balaban J connectivity index is 1.26. The van der Waals surface area contributed by atoms with Crippen LogP contribution in [0.5, 0.6) is 28.9 Å². The average Bonchev–Trinajstić information content (AvgIpc) is 3.49. The van der Waals surface area contributed by atoms with Gasteiger partial charge in [-0.2, -0.15) is 0 Å². The van der Waals surface area contributed by atoms with Crippen molar-refractivity contribution in [2.45, 2.75) is 12.5 Å². The van der Waals surface area contributed by atoms with Crippen LogP contribution < -0.4 is 18.9 Å². The molecule has 1 aliphatic heterocycles. The van der Waals surface area contributed by atoms with Gasteiger partial charge in [-0.15, -0.1) is 5.10 Å². The molecule has 7 aromatic rings. The highest BCUT2D eigenvalue weighted by atomic mass is 16.5. The van der Waals surface area contributed by atoms with Crippen molar-refractivity contribution in [3.05, 3.63) is 126 Å². The number of hydrogen-bond acceptors (Lipinski definition) is 7. The Labute approximate surface area is 247 Å². The molecule has 0 spiro atoms. The van der Waals surface area contributed by atoms with Crippen LogP contribution in [0, 0.1) is 0 Å². The molecule has 0 aliphatic carbocycles. The van der Waals surface area contributed by atoms with Gasteiger partial charge in [0.05, 0.1) is 19.8 Å². The molecule has 8 nitrogen and oxygen atoms in total. The summed E-state index contributed by atoms with van der Waals surface area (Å²) in [5.41, 5.74) is 3.50. The van der Waals surface area contributed by atoms with Gasteiger partial charge in [-0.1, -0.05) is 66.7 Å². The second kappa shape index (κ2) is 10.0. The van der Waals surface area contributed by atoms with Crippen molar-refractivity contribution in [2.24, 2.45) is 0 Å². The lowest BCUT2D eigenvalue weighted by Crippen LogP contribution is -2.15. The van der Waals surface area contributed by atoms with Crippen LogP contribution in [0.2, 0.25) is 0 Å². The standard InChI is InChI=1S/C35H26N4O4/c1-40-27-15-13-24(18-29(27)41-2)31-32-26-10-6-5-8-22(26)12-16-28(32)43-35-33(31)34-37-30(38-39(34)20-36-35)19-42-25-14-11-21-7-3-4-9-23(21)17-25/h3-18,20,31H,19H2,1-2H3/t31-/m0/s1. The number of fused-ring (bicyclic) bond motifs is 7. The lowest BCUT2D eigenvalue weighted by molar-refractivity contribution is 0.296. The number of methoxy groups -OCH3 is 2. The summed E-state index contributed by atoms with van der Waals surface area (Å²) in [5.74, 6) is 3.57. The van der Waals surface area contributed by atoms with Gasteiger partial charge in [-0.25, -0.2) is 14.5 Å². The maximum absolute atomic E-state index is 6.45. The van der Waals surface area contributed by atoms with Crippen molar-refractivity contribution in [1.82, 2.24) is 19.6 Å². The van der Waals surface area contributed by atoms with Crippen molar-refractivity contribution in [2.75, 3.05) is 14.2 Å². The lowest BCUT2D eigenvalue weighted by atomic mass is 9.81. The van der Waals surface area contributed by atoms with Gasteiger partial charge in [0.25, 0.3) is 0 Å². The Morgan fingerprint density at radius 3 is 2.42 bits per heavy atom. The first-order valence-electron chi connectivity index (χ1n) is 14.0. The largest absolute Gasteiger partial charge is 0.493 e. The summed E-state index contributed by atoms with van der Waals surface area (Å²) in [6.45, 7) is 0.205. The van der Waals surface area contributed by atoms with Crippen LogP contribution in [0.1, 0.15) is 28.4 Å². The van der Waals surface area contributed by atoms with E-state index >= 15 is 0 Å². The molecule has 0 fully saturated rings. The summed E-state index contributed by atoms with van der Waals surface area (Å²) < 4.78 is 25.5. The molecule has 0 unspecified atom stereocenters. The summed E-state index contributed by atoms with van der Waals surface area (Å²) >= 11 is 0. The van der Waals surface area contributed by atoms with E-state index in [-0.39, 0.29) is 12.5 Å². The molecular formula is C35H26N4O4. The lowest BCUT2D eigenvalue weighted by Gasteiger charge is -2.29. The first-order valence-corrected chi connectivity index (χ1v) is 14.0. The van der Waals surface area contributed by atoms with Gasteiger partial charge in [0, 0.05) is 11.5 Å². The predicted octanol–water partition coefficient (Wildman–Crippen LogP) is 7.31. The van der Waals surface area contributed by atoms with Crippen LogP contribution in [0.3, 0.4) is 0 Å². The van der Waals surface area contributed by atoms with Crippen LogP contribution in [0.25, 0.3) is 27.2 Å². The zero-order chi connectivity index (χ0) is 28.9. The highest BCUT2D eigenvalue weighted by Crippen LogP contribution is 2.51. The summed E-state index contributed by atoms with van der Waals surface area (Å²) in [6.07, 6.45) is 1.64. The molecule has 0 N–H and O–H groups in total. The maximum atomic E-state index is 6.45. The van der Waals surface area contributed by atoms with Gasteiger partial charge in [-0.3, -0.25) is 0 Å². The van der Waals surface area contributed by atoms with E-state index in [0.29, 0.717) is 28.9 Å². The Morgan fingerprint density at radius 1 is 0.767 bits per heavy atom. The fraction of sp³-hybridized carbons (Fsp3) is 0.114. The number of benzene rings is 5. The minimum absolute atomic E-state index is 0.205. The molecule has 0 saturated heterocycles. The number of hydrogen-bond donors (Lipinski definition) is 0. The molecule has 0 amide bonds. The highest BCUT2D eigenvalue weighted by molar-refractivity contribution is 5.91. The summed E-state index contributed by atoms with van der Waals surface area (Å²) in [5, 5.41) is 9.20. The van der Waals surface area contributed by atoms with Crippen LogP contribution in [-0.4, -0.2) is 33.8 Å². The van der Waals surface area contributed by atoms with E-state index in [1.54, 1.807) is 25.1 Å². The molecule has 8 heteroatoms. The fourth-order valence-electron chi connectivity index (χ4n) is 5.98. The summed E-state index contributed by atoms with van der Waals surface area (Å²) in [4.78, 5) is 9.65. The highest BCUT2D eigenvalue weighted by Gasteiger charge is 2.35. The van der Waals surface area contributed by atoms with E-state index in [1.165, 1.54) is 0 Å². The Kier molecular flexibility index (Phi) is 5.85. The van der Waals surface area contributed by atoms with E-state index in [0.717, 1.165) is 49.7 Å². The first-order chi connectivity index (χ1) is 21.2. The van der Waals surface area contributed by atoms with Crippen LogP contribution >= 0.6 is 0 Å². The third kappa shape index (κ3) is 4.18. The van der Waals surface area contributed by atoms with Crippen LogP contribution in [0.4, 0.5) is 0 Å².